The van der Waals surface area contributed by atoms with E-state index < -0.39 is 11.8 Å². The molecule has 176 valence electrons. The number of imidazole rings is 1. The molecule has 0 radical (unpaired) electrons. The van der Waals surface area contributed by atoms with E-state index in [0.29, 0.717) is 39.1 Å². The highest BCUT2D eigenvalue weighted by Crippen LogP contribution is 2.28. The Morgan fingerprint density at radius 1 is 1.09 bits per heavy atom. The summed E-state index contributed by atoms with van der Waals surface area (Å²) in [7, 11) is 0. The van der Waals surface area contributed by atoms with E-state index in [9.17, 15) is 4.39 Å². The number of H-pyrrole nitrogens is 1. The first-order valence-electron chi connectivity index (χ1n) is 10.9. The number of pyridine rings is 1. The molecular weight excluding hydrogens is 461 g/mol. The number of ether oxygens (including phenoxy) is 1. The minimum Gasteiger partial charge on any atom is -0.481 e. The number of carboxylic acids is 1. The van der Waals surface area contributed by atoms with Crippen LogP contribution < -0.4 is 4.74 Å². The number of aromatic nitrogens is 5. The van der Waals surface area contributed by atoms with E-state index in [4.69, 9.17) is 26.2 Å². The molecule has 2 N–H and O–H groups in total. The van der Waals surface area contributed by atoms with E-state index in [1.807, 2.05) is 6.07 Å². The fraction of sp³-hybridized carbons (Fsp3) is 0.292. The molecule has 8 nitrogen and oxygen atoms in total. The van der Waals surface area contributed by atoms with Crippen molar-refractivity contribution in [3.8, 4) is 28.5 Å². The normalized spacial score (nSPS) is 13.9. The molecule has 1 aromatic carbocycles. The van der Waals surface area contributed by atoms with Gasteiger partial charge in [0, 0.05) is 31.1 Å². The van der Waals surface area contributed by atoms with Gasteiger partial charge in [-0.25, -0.2) is 24.3 Å². The van der Waals surface area contributed by atoms with Gasteiger partial charge in [0.25, 0.3) is 5.97 Å². The average Bonchev–Trinajstić information content (AvgIpc) is 3.22. The van der Waals surface area contributed by atoms with Crippen LogP contribution in [0.1, 0.15) is 39.0 Å². The summed E-state index contributed by atoms with van der Waals surface area (Å²) in [5.74, 6) is -0.837. The number of carboxylic acid groups (broad SMARTS) is 1. The molecule has 0 bridgehead atoms. The average molecular weight is 484 g/mol. The molecular formula is C24H23ClFN5O3. The van der Waals surface area contributed by atoms with Gasteiger partial charge in [-0.1, -0.05) is 24.1 Å². The monoisotopic (exact) mass is 483 g/mol. The molecule has 34 heavy (non-hydrogen) atoms. The maximum Gasteiger partial charge on any atom is 0.316 e. The van der Waals surface area contributed by atoms with Gasteiger partial charge in [-0.3, -0.25) is 4.79 Å². The van der Waals surface area contributed by atoms with Gasteiger partial charge in [0.05, 0.1) is 16.1 Å². The van der Waals surface area contributed by atoms with Crippen LogP contribution in [-0.4, -0.2) is 42.1 Å². The number of nitrogens with one attached hydrogen (secondary N) is 1. The zero-order chi connectivity index (χ0) is 24.1. The number of nitrogens with zero attached hydrogens (tertiary/aromatic N) is 4. The smallest absolute Gasteiger partial charge is 0.316 e. The van der Waals surface area contributed by atoms with Gasteiger partial charge >= 0.3 is 6.01 Å². The zero-order valence-electron chi connectivity index (χ0n) is 18.5. The van der Waals surface area contributed by atoms with Crippen molar-refractivity contribution in [2.75, 3.05) is 0 Å². The van der Waals surface area contributed by atoms with Gasteiger partial charge in [-0.05, 0) is 49.4 Å². The standard InChI is InChI=1S/C22H19ClFN5O.C2H4O2/c23-15-9-19-21(25-12-15)29-20(28-19)17-7-6-13(8-18(17)24)14-10-26-22(27-11-14)30-16-4-2-1-3-5-16;1-2(3)4/h6-12,16H,1-5H2,(H,25,28,29);1H3,(H,3,4). The van der Waals surface area contributed by atoms with E-state index in [1.165, 1.54) is 31.5 Å². The van der Waals surface area contributed by atoms with E-state index in [0.717, 1.165) is 25.3 Å². The van der Waals surface area contributed by atoms with E-state index in [1.54, 1.807) is 24.5 Å². The number of carbonyl (C=O) groups is 1. The molecule has 4 aromatic rings. The molecule has 1 saturated carbocycles. The van der Waals surface area contributed by atoms with Crippen molar-refractivity contribution in [1.29, 1.82) is 0 Å². The lowest BCUT2D eigenvalue weighted by atomic mass is 9.98. The third-order valence-electron chi connectivity index (χ3n) is 5.31. The number of halogens is 2. The van der Waals surface area contributed by atoms with Crippen LogP contribution in [0.4, 0.5) is 4.39 Å². The summed E-state index contributed by atoms with van der Waals surface area (Å²) in [5.41, 5.74) is 2.89. The Morgan fingerprint density at radius 3 is 2.47 bits per heavy atom. The highest BCUT2D eigenvalue weighted by molar-refractivity contribution is 6.31. The number of hydrogen-bond acceptors (Lipinski definition) is 6. The first-order chi connectivity index (χ1) is 16.4. The van der Waals surface area contributed by atoms with Crippen LogP contribution in [0.25, 0.3) is 33.7 Å². The fourth-order valence-electron chi connectivity index (χ4n) is 3.75. The third kappa shape index (κ3) is 5.85. The molecule has 3 aromatic heterocycles. The van der Waals surface area contributed by atoms with Crippen LogP contribution in [0.5, 0.6) is 6.01 Å². The molecule has 1 aliphatic rings. The maximum atomic E-state index is 14.8. The number of aliphatic carboxylic acids is 1. The second-order valence-corrected chi connectivity index (χ2v) is 8.39. The minimum atomic E-state index is -0.833. The van der Waals surface area contributed by atoms with Crippen LogP contribution >= 0.6 is 11.6 Å². The van der Waals surface area contributed by atoms with Crippen molar-refractivity contribution in [2.24, 2.45) is 0 Å². The van der Waals surface area contributed by atoms with E-state index in [-0.39, 0.29) is 6.10 Å². The molecule has 0 spiro atoms. The molecule has 0 amide bonds. The Morgan fingerprint density at radius 2 is 1.79 bits per heavy atom. The molecule has 0 atom stereocenters. The summed E-state index contributed by atoms with van der Waals surface area (Å²) in [6.07, 6.45) is 10.7. The lowest BCUT2D eigenvalue weighted by Crippen LogP contribution is -2.20. The zero-order valence-corrected chi connectivity index (χ0v) is 19.2. The highest BCUT2D eigenvalue weighted by Gasteiger charge is 2.16. The van der Waals surface area contributed by atoms with Crippen molar-refractivity contribution in [2.45, 2.75) is 45.1 Å². The second kappa shape index (κ2) is 10.6. The number of hydrogen-bond donors (Lipinski definition) is 2. The molecule has 0 aliphatic heterocycles. The van der Waals surface area contributed by atoms with Crippen LogP contribution in [0.2, 0.25) is 5.02 Å². The Balaban J connectivity index is 0.000000636. The fourth-order valence-corrected chi connectivity index (χ4v) is 3.90. The summed E-state index contributed by atoms with van der Waals surface area (Å²) in [4.78, 5) is 29.2. The van der Waals surface area contributed by atoms with Crippen LogP contribution in [-0.2, 0) is 4.79 Å². The Labute approximate surface area is 200 Å². The first-order valence-corrected chi connectivity index (χ1v) is 11.3. The lowest BCUT2D eigenvalue weighted by molar-refractivity contribution is -0.134. The lowest BCUT2D eigenvalue weighted by Gasteiger charge is -2.21. The molecule has 5 rings (SSSR count). The van der Waals surface area contributed by atoms with Crippen molar-refractivity contribution >= 4 is 28.7 Å². The Hall–Kier alpha value is -3.59. The van der Waals surface area contributed by atoms with Gasteiger partial charge in [-0.15, -0.1) is 0 Å². The Kier molecular flexibility index (Phi) is 7.32. The summed E-state index contributed by atoms with van der Waals surface area (Å²) < 4.78 is 20.7. The Bertz CT molecular complexity index is 1290. The molecule has 10 heteroatoms. The maximum absolute atomic E-state index is 14.8. The summed E-state index contributed by atoms with van der Waals surface area (Å²) in [6.45, 7) is 1.08. The van der Waals surface area contributed by atoms with Crippen LogP contribution in [0, 0.1) is 5.82 Å². The number of benzene rings is 1. The van der Waals surface area contributed by atoms with Crippen molar-refractivity contribution in [3.05, 3.63) is 53.7 Å². The van der Waals surface area contributed by atoms with Gasteiger partial charge in [0.15, 0.2) is 5.65 Å². The highest BCUT2D eigenvalue weighted by atomic mass is 35.5. The van der Waals surface area contributed by atoms with Gasteiger partial charge in [0.1, 0.15) is 17.7 Å². The van der Waals surface area contributed by atoms with Crippen molar-refractivity contribution in [1.82, 2.24) is 24.9 Å². The molecule has 3 heterocycles. The largest absolute Gasteiger partial charge is 0.481 e. The topological polar surface area (TPSA) is 114 Å². The summed E-state index contributed by atoms with van der Waals surface area (Å²) in [5, 5.41) is 7.91. The van der Waals surface area contributed by atoms with Gasteiger partial charge < -0.3 is 14.8 Å². The van der Waals surface area contributed by atoms with Gasteiger partial charge in [-0.2, -0.15) is 0 Å². The molecule has 0 unspecified atom stereocenters. The minimum absolute atomic E-state index is 0.189. The third-order valence-corrected chi connectivity index (χ3v) is 5.52. The molecule has 1 aliphatic carbocycles. The van der Waals surface area contributed by atoms with Crippen LogP contribution in [0.3, 0.4) is 0 Å². The van der Waals surface area contributed by atoms with Gasteiger partial charge in [0.2, 0.25) is 0 Å². The predicted molar refractivity (Wildman–Crippen MR) is 126 cm³/mol. The quantitative estimate of drug-likeness (QED) is 0.384. The summed E-state index contributed by atoms with van der Waals surface area (Å²) >= 11 is 5.95. The SMILES string of the molecule is CC(=O)O.Fc1cc(-c2cnc(OC3CCCCC3)nc2)ccc1-c1nc2ncc(Cl)cc2[nH]1. The second-order valence-electron chi connectivity index (χ2n) is 7.96. The number of aromatic amines is 1. The number of rotatable bonds is 4. The molecule has 1 fully saturated rings. The van der Waals surface area contributed by atoms with E-state index >= 15 is 0 Å². The molecule has 0 saturated heterocycles. The van der Waals surface area contributed by atoms with Crippen molar-refractivity contribution in [3.63, 3.8) is 0 Å². The first kappa shape index (κ1) is 23.6. The van der Waals surface area contributed by atoms with Crippen LogP contribution in [0.15, 0.2) is 42.9 Å². The number of fused-ring (bicyclic) bond motifs is 1. The van der Waals surface area contributed by atoms with Crippen molar-refractivity contribution < 1.29 is 19.0 Å². The summed E-state index contributed by atoms with van der Waals surface area (Å²) in [6, 6.07) is 7.02. The predicted octanol–water partition coefficient (Wildman–Crippen LogP) is 5.68. The van der Waals surface area contributed by atoms with E-state index in [2.05, 4.69) is 24.9 Å².